The predicted octanol–water partition coefficient (Wildman–Crippen LogP) is 2.64. The maximum Gasteiger partial charge on any atom is 0.211 e. The van der Waals surface area contributed by atoms with Gasteiger partial charge in [-0.2, -0.15) is 0 Å². The van der Waals surface area contributed by atoms with Crippen LogP contribution in [0.5, 0.6) is 0 Å². The van der Waals surface area contributed by atoms with E-state index in [2.05, 4.69) is 33.1 Å². The van der Waals surface area contributed by atoms with Crippen LogP contribution in [0.3, 0.4) is 0 Å². The van der Waals surface area contributed by atoms with Gasteiger partial charge in [0.2, 0.25) is 10.0 Å². The fourth-order valence-electron chi connectivity index (χ4n) is 4.10. The molecule has 0 aliphatic carbocycles. The molecule has 0 saturated carbocycles. The maximum absolute atomic E-state index is 11.7. The Labute approximate surface area is 202 Å². The fraction of sp³-hybridized carbons (Fsp3) is 0.650. The zero-order valence-corrected chi connectivity index (χ0v) is 21.9. The molecular formula is C20H33ClIN5O2S. The van der Waals surface area contributed by atoms with E-state index in [1.165, 1.54) is 17.5 Å². The van der Waals surface area contributed by atoms with Gasteiger partial charge in [0.1, 0.15) is 0 Å². The molecule has 0 atom stereocenters. The maximum atomic E-state index is 11.7. The molecule has 1 N–H and O–H groups in total. The Bertz CT molecular complexity index is 836. The monoisotopic (exact) mass is 569 g/mol. The van der Waals surface area contributed by atoms with Crippen molar-refractivity contribution in [3.63, 3.8) is 0 Å². The van der Waals surface area contributed by atoms with Crippen LogP contribution in [0, 0.1) is 12.8 Å². The average Bonchev–Trinajstić information content (AvgIpc) is 2.70. The third-order valence-electron chi connectivity index (χ3n) is 5.89. The molecule has 0 bridgehead atoms. The van der Waals surface area contributed by atoms with E-state index in [1.807, 2.05) is 19.2 Å². The first-order valence-corrected chi connectivity index (χ1v) is 12.4. The van der Waals surface area contributed by atoms with Gasteiger partial charge >= 0.3 is 0 Å². The number of rotatable bonds is 4. The Morgan fingerprint density at radius 3 is 2.37 bits per heavy atom. The van der Waals surface area contributed by atoms with E-state index in [4.69, 9.17) is 11.6 Å². The number of piperidine rings is 1. The number of guanidine groups is 1. The van der Waals surface area contributed by atoms with Crippen LogP contribution < -0.4 is 10.2 Å². The van der Waals surface area contributed by atoms with Gasteiger partial charge in [0, 0.05) is 63.6 Å². The fourth-order valence-corrected chi connectivity index (χ4v) is 5.14. The molecule has 0 aromatic heterocycles. The number of hydrogen-bond donors (Lipinski definition) is 1. The molecule has 0 amide bonds. The lowest BCUT2D eigenvalue weighted by Crippen LogP contribution is -2.53. The van der Waals surface area contributed by atoms with Crippen LogP contribution in [0.15, 0.2) is 23.2 Å². The number of piperazine rings is 1. The summed E-state index contributed by atoms with van der Waals surface area (Å²) in [7, 11) is -1.25. The van der Waals surface area contributed by atoms with Crippen LogP contribution in [-0.4, -0.2) is 82.7 Å². The highest BCUT2D eigenvalue weighted by molar-refractivity contribution is 14.0. The van der Waals surface area contributed by atoms with E-state index in [0.29, 0.717) is 19.0 Å². The van der Waals surface area contributed by atoms with Crippen LogP contribution >= 0.6 is 35.6 Å². The Hall–Kier alpha value is -0.780. The largest absolute Gasteiger partial charge is 0.368 e. The average molecular weight is 570 g/mol. The Balaban J connectivity index is 0.00000320. The highest BCUT2D eigenvalue weighted by atomic mass is 127. The molecule has 10 heteroatoms. The van der Waals surface area contributed by atoms with Crippen molar-refractivity contribution in [1.82, 2.24) is 14.5 Å². The van der Waals surface area contributed by atoms with Crippen LogP contribution in [0.4, 0.5) is 5.69 Å². The summed E-state index contributed by atoms with van der Waals surface area (Å²) in [5.41, 5.74) is 2.45. The molecule has 2 fully saturated rings. The molecule has 0 radical (unpaired) electrons. The molecule has 7 nitrogen and oxygen atoms in total. The molecule has 2 saturated heterocycles. The molecule has 30 heavy (non-hydrogen) atoms. The van der Waals surface area contributed by atoms with Gasteiger partial charge in [0.05, 0.1) is 6.26 Å². The van der Waals surface area contributed by atoms with Crippen molar-refractivity contribution >= 4 is 57.2 Å². The SMILES string of the molecule is CN=C(NCC1CCN(S(C)(=O)=O)CC1)N1CCN(c2cc(Cl)ccc2C)CC1.I. The van der Waals surface area contributed by atoms with E-state index in [-0.39, 0.29) is 24.0 Å². The molecule has 2 aliphatic rings. The van der Waals surface area contributed by atoms with Crippen LogP contribution in [-0.2, 0) is 10.0 Å². The lowest BCUT2D eigenvalue weighted by atomic mass is 9.98. The first-order valence-electron chi connectivity index (χ1n) is 10.2. The van der Waals surface area contributed by atoms with E-state index in [0.717, 1.165) is 56.5 Å². The van der Waals surface area contributed by atoms with Gasteiger partial charge in [-0.1, -0.05) is 17.7 Å². The smallest absolute Gasteiger partial charge is 0.211 e. The molecule has 3 rings (SSSR count). The van der Waals surface area contributed by atoms with Crippen molar-refractivity contribution in [3.8, 4) is 0 Å². The summed E-state index contributed by atoms with van der Waals surface area (Å²) >= 11 is 6.18. The Morgan fingerprint density at radius 2 is 1.80 bits per heavy atom. The number of nitrogens with one attached hydrogen (secondary N) is 1. The van der Waals surface area contributed by atoms with E-state index >= 15 is 0 Å². The summed E-state index contributed by atoms with van der Waals surface area (Å²) in [6.07, 6.45) is 3.07. The van der Waals surface area contributed by atoms with Gasteiger partial charge in [0.15, 0.2) is 5.96 Å². The summed E-state index contributed by atoms with van der Waals surface area (Å²) in [6, 6.07) is 6.05. The Kier molecular flexibility index (Phi) is 9.51. The molecule has 0 spiro atoms. The number of aliphatic imine (C=N–C) groups is 1. The van der Waals surface area contributed by atoms with Crippen molar-refractivity contribution in [1.29, 1.82) is 0 Å². The van der Waals surface area contributed by atoms with Gasteiger partial charge in [-0.05, 0) is 43.4 Å². The highest BCUT2D eigenvalue weighted by Gasteiger charge is 2.26. The molecule has 1 aromatic rings. The summed E-state index contributed by atoms with van der Waals surface area (Å²) in [6.45, 7) is 7.83. The normalized spacial score (nSPS) is 19.5. The minimum atomic E-state index is -3.07. The van der Waals surface area contributed by atoms with Crippen molar-refractivity contribution in [3.05, 3.63) is 28.8 Å². The predicted molar refractivity (Wildman–Crippen MR) is 136 cm³/mol. The third kappa shape index (κ3) is 6.61. The summed E-state index contributed by atoms with van der Waals surface area (Å²) < 4.78 is 24.9. The second kappa shape index (κ2) is 11.2. The number of sulfonamides is 1. The van der Waals surface area contributed by atoms with Crippen LogP contribution in [0.25, 0.3) is 0 Å². The number of halogens is 2. The zero-order chi connectivity index (χ0) is 21.0. The molecule has 170 valence electrons. The number of hydrogen-bond acceptors (Lipinski definition) is 4. The van der Waals surface area contributed by atoms with E-state index in [9.17, 15) is 8.42 Å². The first-order chi connectivity index (χ1) is 13.8. The van der Waals surface area contributed by atoms with Crippen LogP contribution in [0.2, 0.25) is 5.02 Å². The van der Waals surface area contributed by atoms with Crippen molar-refractivity contribution in [2.24, 2.45) is 10.9 Å². The topological polar surface area (TPSA) is 68.2 Å². The van der Waals surface area contributed by atoms with Crippen molar-refractivity contribution < 1.29 is 8.42 Å². The Morgan fingerprint density at radius 1 is 1.17 bits per heavy atom. The van der Waals surface area contributed by atoms with Crippen LogP contribution in [0.1, 0.15) is 18.4 Å². The standard InChI is InChI=1S/C20H32ClN5O2S.HI/c1-16-4-5-18(21)14-19(16)24-10-12-25(13-11-24)20(22-2)23-15-17-6-8-26(9-7-17)29(3,27)28;/h4-5,14,17H,6-13,15H2,1-3H3,(H,22,23);1H. The molecule has 2 aliphatic heterocycles. The minimum absolute atomic E-state index is 0. The summed E-state index contributed by atoms with van der Waals surface area (Å²) in [4.78, 5) is 9.14. The number of benzene rings is 1. The lowest BCUT2D eigenvalue weighted by molar-refractivity contribution is 0.271. The second-order valence-corrected chi connectivity index (χ2v) is 10.4. The molecule has 2 heterocycles. The number of aryl methyl sites for hydroxylation is 1. The first kappa shape index (κ1) is 25.5. The van der Waals surface area contributed by atoms with E-state index in [1.54, 1.807) is 4.31 Å². The lowest BCUT2D eigenvalue weighted by Gasteiger charge is -2.39. The summed E-state index contributed by atoms with van der Waals surface area (Å²) in [5.74, 6) is 1.40. The number of nitrogens with zero attached hydrogens (tertiary/aromatic N) is 4. The molecular weight excluding hydrogens is 537 g/mol. The molecule has 0 unspecified atom stereocenters. The second-order valence-electron chi connectivity index (χ2n) is 7.94. The highest BCUT2D eigenvalue weighted by Crippen LogP contribution is 2.25. The van der Waals surface area contributed by atoms with Gasteiger partial charge in [-0.15, -0.1) is 24.0 Å². The summed E-state index contributed by atoms with van der Waals surface area (Å²) in [5, 5.41) is 4.28. The van der Waals surface area contributed by atoms with E-state index < -0.39 is 10.0 Å². The third-order valence-corrected chi connectivity index (χ3v) is 7.43. The van der Waals surface area contributed by atoms with Gasteiger partial charge in [-0.25, -0.2) is 12.7 Å². The van der Waals surface area contributed by atoms with Crippen molar-refractivity contribution in [2.45, 2.75) is 19.8 Å². The minimum Gasteiger partial charge on any atom is -0.368 e. The van der Waals surface area contributed by atoms with Gasteiger partial charge in [-0.3, -0.25) is 4.99 Å². The number of anilines is 1. The van der Waals surface area contributed by atoms with Crippen molar-refractivity contribution in [2.75, 3.05) is 64.0 Å². The van der Waals surface area contributed by atoms with Gasteiger partial charge < -0.3 is 15.1 Å². The van der Waals surface area contributed by atoms with Gasteiger partial charge in [0.25, 0.3) is 0 Å². The quantitative estimate of drug-likeness (QED) is 0.343. The molecule has 1 aromatic carbocycles. The zero-order valence-electron chi connectivity index (χ0n) is 18.0.